The van der Waals surface area contributed by atoms with E-state index in [0.29, 0.717) is 12.8 Å². The summed E-state index contributed by atoms with van der Waals surface area (Å²) in [5.41, 5.74) is 0.925. The second kappa shape index (κ2) is 17.0. The number of H-pyrrole nitrogens is 1. The Morgan fingerprint density at radius 1 is 1.07 bits per heavy atom. The van der Waals surface area contributed by atoms with Crippen LogP contribution in [-0.4, -0.2) is 91.5 Å². The highest BCUT2D eigenvalue weighted by Crippen LogP contribution is 2.39. The number of rotatable bonds is 16. The zero-order valence-electron chi connectivity index (χ0n) is 30.8. The van der Waals surface area contributed by atoms with E-state index in [1.54, 1.807) is 6.20 Å². The van der Waals surface area contributed by atoms with Gasteiger partial charge in [0.1, 0.15) is 23.2 Å². The maximum atomic E-state index is 13.7. The Morgan fingerprint density at radius 3 is 2.46 bits per heavy atom. The van der Waals surface area contributed by atoms with Crippen molar-refractivity contribution in [2.75, 3.05) is 13.1 Å². The third-order valence-electron chi connectivity index (χ3n) is 10.4. The van der Waals surface area contributed by atoms with E-state index in [1.807, 2.05) is 48.7 Å². The van der Waals surface area contributed by atoms with Gasteiger partial charge in [-0.3, -0.25) is 14.4 Å². The van der Waals surface area contributed by atoms with Gasteiger partial charge in [-0.25, -0.2) is 4.79 Å². The van der Waals surface area contributed by atoms with Crippen molar-refractivity contribution in [3.63, 3.8) is 0 Å². The lowest BCUT2D eigenvalue weighted by Gasteiger charge is -2.51. The van der Waals surface area contributed by atoms with E-state index in [9.17, 15) is 44.7 Å². The van der Waals surface area contributed by atoms with E-state index >= 15 is 0 Å². The predicted molar refractivity (Wildman–Crippen MR) is 207 cm³/mol. The molecule has 0 saturated carbocycles. The summed E-state index contributed by atoms with van der Waals surface area (Å²) >= 11 is 0. The van der Waals surface area contributed by atoms with Gasteiger partial charge in [-0.15, -0.1) is 0 Å². The highest BCUT2D eigenvalue weighted by molar-refractivity contribution is 5.99. The molecule has 3 aromatic carbocycles. The van der Waals surface area contributed by atoms with Crippen LogP contribution in [0.4, 0.5) is 0 Å². The molecule has 15 nitrogen and oxygen atoms in total. The number of ether oxygens (including phenoxy) is 2. The van der Waals surface area contributed by atoms with Crippen molar-refractivity contribution in [3.05, 3.63) is 124 Å². The van der Waals surface area contributed by atoms with Crippen LogP contribution in [0.3, 0.4) is 0 Å². The molecule has 1 saturated heterocycles. The number of hydrogen-bond acceptors (Lipinski definition) is 12. The number of allylic oxidation sites excluding steroid dienone is 1. The summed E-state index contributed by atoms with van der Waals surface area (Å²) in [5, 5.41) is 57.5. The summed E-state index contributed by atoms with van der Waals surface area (Å²) < 4.78 is 17.3. The molecule has 1 fully saturated rings. The molecule has 1 aliphatic heterocycles. The topological polar surface area (TPSA) is 255 Å². The van der Waals surface area contributed by atoms with Crippen molar-refractivity contribution in [2.24, 2.45) is 17.6 Å². The molecule has 1 amide bonds. The summed E-state index contributed by atoms with van der Waals surface area (Å²) in [6.45, 7) is 1.67. The number of phenols is 1. The summed E-state index contributed by atoms with van der Waals surface area (Å²) in [6.07, 6.45) is 2.14. The van der Waals surface area contributed by atoms with Gasteiger partial charge in [0.25, 0.3) is 5.91 Å². The Hall–Kier alpha value is -6.10. The highest BCUT2D eigenvalue weighted by atomic mass is 16.7. The minimum Gasteiger partial charge on any atom is -0.508 e. The predicted octanol–water partition coefficient (Wildman–Crippen LogP) is 2.99. The van der Waals surface area contributed by atoms with Gasteiger partial charge >= 0.3 is 5.97 Å². The first-order valence-electron chi connectivity index (χ1n) is 18.1. The number of benzene rings is 3. The van der Waals surface area contributed by atoms with Crippen LogP contribution in [0.25, 0.3) is 28.2 Å². The number of carbonyl (C=O) groups excluding carboxylic acids is 2. The number of carboxylic acid groups (broad SMARTS) is 1. The SMILES string of the molecule is C[C@H](C/C=C/c1ccccc1)[C@H](CNC[C@]1(O)[C@H](Oc2ccc3c(=O)c(-c4ccc(O)cc4)c(C(N)=O)oc3c2)O[C@H](C(=O)O)[C@@H](O)[C@@]1(O)C=O)Cc1cc[nH]c1. The van der Waals surface area contributed by atoms with E-state index in [2.05, 4.69) is 23.3 Å². The molecule has 7 atom stereocenters. The number of fused-ring (bicyclic) bond motifs is 1. The van der Waals surface area contributed by atoms with Crippen LogP contribution < -0.4 is 21.2 Å². The monoisotopic (exact) mass is 781 g/mol. The lowest BCUT2D eigenvalue weighted by Crippen LogP contribution is -2.79. The molecular weight excluding hydrogens is 738 g/mol. The third kappa shape index (κ3) is 8.38. The highest BCUT2D eigenvalue weighted by Gasteiger charge is 2.67. The number of phenolic OH excluding ortho intramolecular Hbond substituents is 1. The molecule has 3 heterocycles. The molecule has 6 rings (SSSR count). The van der Waals surface area contributed by atoms with E-state index in [4.69, 9.17) is 19.6 Å². The minimum absolute atomic E-state index is 0.0265. The van der Waals surface area contributed by atoms with Gasteiger partial charge in [0.2, 0.25) is 17.5 Å². The van der Waals surface area contributed by atoms with Gasteiger partial charge < -0.3 is 55.5 Å². The Kier molecular flexibility index (Phi) is 12.1. The fourth-order valence-electron chi connectivity index (χ4n) is 7.03. The molecule has 298 valence electrons. The second-order valence-electron chi connectivity index (χ2n) is 14.2. The van der Waals surface area contributed by atoms with Gasteiger partial charge in [0.05, 0.1) is 10.9 Å². The standard InChI is InChI=1S/C42H43N3O12/c1-24(6-5-9-25-7-3-2-4-8-25)28(18-26-16-17-44-20-26)21-45-22-41(53)40(57-36(39(51)52)37(49)42(41,54)23-46)55-30-14-15-31-32(19-30)56-35(38(43)50)33(34(31)48)27-10-12-29(47)13-11-27/h2-5,7-17,19-20,23-24,28,36-37,40,44-45,47,49,53-54H,6,18,21-22H2,1H3,(H2,43,50)(H,51,52)/b9-5+/t24-,28+,36+,37-,40-,41+,42+/m1/s1. The third-order valence-corrected chi connectivity index (χ3v) is 10.4. The van der Waals surface area contributed by atoms with Crippen molar-refractivity contribution < 1.29 is 53.8 Å². The molecule has 0 unspecified atom stereocenters. The van der Waals surface area contributed by atoms with Crippen LogP contribution in [0.1, 0.15) is 35.0 Å². The van der Waals surface area contributed by atoms with Crippen LogP contribution >= 0.6 is 0 Å². The molecule has 2 aromatic heterocycles. The number of carbonyl (C=O) groups is 3. The smallest absolute Gasteiger partial charge is 0.335 e. The van der Waals surface area contributed by atoms with Crippen LogP contribution in [0.5, 0.6) is 11.5 Å². The number of primary amides is 1. The Labute approximate surface area is 326 Å². The lowest BCUT2D eigenvalue weighted by molar-refractivity contribution is -0.334. The van der Waals surface area contributed by atoms with Crippen LogP contribution in [0, 0.1) is 11.8 Å². The molecule has 9 N–H and O–H groups in total. The van der Waals surface area contributed by atoms with Gasteiger partial charge in [0, 0.05) is 25.0 Å². The average Bonchev–Trinajstić information content (AvgIpc) is 3.71. The summed E-state index contributed by atoms with van der Waals surface area (Å²) in [4.78, 5) is 53.9. The lowest BCUT2D eigenvalue weighted by atomic mass is 9.74. The molecule has 15 heteroatoms. The fraction of sp³-hybridized carbons (Fsp3) is 0.286. The van der Waals surface area contributed by atoms with Gasteiger partial charge in [-0.1, -0.05) is 61.5 Å². The first-order chi connectivity index (χ1) is 27.3. The van der Waals surface area contributed by atoms with Gasteiger partial charge in [-0.05, 0) is 78.2 Å². The zero-order valence-corrected chi connectivity index (χ0v) is 30.8. The zero-order chi connectivity index (χ0) is 40.9. The number of aliphatic hydroxyl groups excluding tert-OH is 1. The van der Waals surface area contributed by atoms with E-state index < -0.39 is 59.3 Å². The molecular formula is C42H43N3O12. The average molecular weight is 782 g/mol. The van der Waals surface area contributed by atoms with Gasteiger partial charge in [0.15, 0.2) is 23.6 Å². The van der Waals surface area contributed by atoms with E-state index in [-0.39, 0.29) is 58.3 Å². The minimum atomic E-state index is -3.13. The van der Waals surface area contributed by atoms with Gasteiger partial charge in [-0.2, -0.15) is 0 Å². The summed E-state index contributed by atoms with van der Waals surface area (Å²) in [5.74, 6) is -3.62. The maximum Gasteiger partial charge on any atom is 0.335 e. The van der Waals surface area contributed by atoms with Crippen molar-refractivity contribution in [3.8, 4) is 22.6 Å². The number of aromatic nitrogens is 1. The molecule has 5 aromatic rings. The normalized spacial score (nSPS) is 23.3. The fourth-order valence-corrected chi connectivity index (χ4v) is 7.03. The van der Waals surface area contributed by atoms with Crippen molar-refractivity contribution in [1.82, 2.24) is 10.3 Å². The number of nitrogens with one attached hydrogen (secondary N) is 2. The summed E-state index contributed by atoms with van der Waals surface area (Å²) in [6, 6.07) is 20.9. The number of aromatic hydroxyl groups is 1. The van der Waals surface area contributed by atoms with Crippen molar-refractivity contribution in [1.29, 1.82) is 0 Å². The van der Waals surface area contributed by atoms with Crippen molar-refractivity contribution >= 4 is 35.2 Å². The Balaban J connectivity index is 1.30. The number of aliphatic carboxylic acids is 1. The first-order valence-corrected chi connectivity index (χ1v) is 18.1. The van der Waals surface area contributed by atoms with Crippen molar-refractivity contribution in [2.45, 2.75) is 49.5 Å². The number of hydrogen-bond donors (Lipinski definition) is 8. The molecule has 0 spiro atoms. The van der Waals surface area contributed by atoms with Crippen LogP contribution in [0.15, 0.2) is 107 Å². The Bertz CT molecular complexity index is 2290. The van der Waals surface area contributed by atoms with Crippen LogP contribution in [0.2, 0.25) is 0 Å². The quantitative estimate of drug-likeness (QED) is 0.0671. The van der Waals surface area contributed by atoms with Crippen LogP contribution in [-0.2, 0) is 20.7 Å². The van der Waals surface area contributed by atoms with E-state index in [0.717, 1.165) is 17.2 Å². The first kappa shape index (κ1) is 40.6. The number of aliphatic hydroxyl groups is 3. The number of nitrogens with two attached hydrogens (primary N) is 1. The molecule has 57 heavy (non-hydrogen) atoms. The van der Waals surface area contributed by atoms with E-state index in [1.165, 1.54) is 36.4 Å². The largest absolute Gasteiger partial charge is 0.508 e. The number of carboxylic acids is 1. The number of aromatic amines is 1. The second-order valence-corrected chi connectivity index (χ2v) is 14.2. The molecule has 0 aliphatic carbocycles. The molecule has 1 aliphatic rings. The molecule has 0 radical (unpaired) electrons. The number of amides is 1. The maximum absolute atomic E-state index is 13.7. The number of aldehydes is 1. The molecule has 0 bridgehead atoms. The summed E-state index contributed by atoms with van der Waals surface area (Å²) in [7, 11) is 0. The Morgan fingerprint density at radius 2 is 1.81 bits per heavy atom.